The SMILES string of the molecule is CCOCCCCOCCCCOCCCCO. The van der Waals surface area contributed by atoms with Crippen molar-refractivity contribution in [1.82, 2.24) is 0 Å². The Kier molecular flexibility index (Phi) is 16.7. The molecule has 0 amide bonds. The van der Waals surface area contributed by atoms with E-state index >= 15 is 0 Å². The molecule has 0 rings (SSSR count). The molecule has 0 aromatic carbocycles. The first-order valence-electron chi connectivity index (χ1n) is 7.26. The van der Waals surface area contributed by atoms with Crippen LogP contribution in [0, 0.1) is 0 Å². The zero-order chi connectivity index (χ0) is 13.3. The van der Waals surface area contributed by atoms with Crippen molar-refractivity contribution in [2.75, 3.05) is 46.2 Å². The molecule has 0 aromatic rings. The number of aliphatic hydroxyl groups excluding tert-OH is 1. The Morgan fingerprint density at radius 1 is 0.611 bits per heavy atom. The van der Waals surface area contributed by atoms with Gasteiger partial charge in [0.25, 0.3) is 0 Å². The van der Waals surface area contributed by atoms with Crippen LogP contribution >= 0.6 is 0 Å². The fraction of sp³-hybridized carbons (Fsp3) is 1.00. The maximum absolute atomic E-state index is 8.58. The fourth-order valence-electron chi connectivity index (χ4n) is 1.48. The van der Waals surface area contributed by atoms with Crippen molar-refractivity contribution >= 4 is 0 Å². The van der Waals surface area contributed by atoms with Gasteiger partial charge in [-0.3, -0.25) is 0 Å². The average Bonchev–Trinajstić information content (AvgIpc) is 2.39. The molecule has 4 nitrogen and oxygen atoms in total. The Bertz CT molecular complexity index is 126. The zero-order valence-corrected chi connectivity index (χ0v) is 11.9. The molecule has 0 spiro atoms. The first-order chi connectivity index (χ1) is 8.91. The third-order valence-electron chi connectivity index (χ3n) is 2.56. The minimum Gasteiger partial charge on any atom is -0.396 e. The normalized spacial score (nSPS) is 11.0. The molecule has 110 valence electrons. The molecule has 0 aliphatic rings. The lowest BCUT2D eigenvalue weighted by atomic mass is 10.3. The first-order valence-corrected chi connectivity index (χ1v) is 7.26. The van der Waals surface area contributed by atoms with Gasteiger partial charge in [-0.15, -0.1) is 0 Å². The number of ether oxygens (including phenoxy) is 3. The Morgan fingerprint density at radius 2 is 1.00 bits per heavy atom. The van der Waals surface area contributed by atoms with Gasteiger partial charge in [-0.1, -0.05) is 0 Å². The van der Waals surface area contributed by atoms with Crippen molar-refractivity contribution in [1.29, 1.82) is 0 Å². The van der Waals surface area contributed by atoms with Crippen LogP contribution in [0.3, 0.4) is 0 Å². The molecule has 0 aliphatic carbocycles. The highest BCUT2D eigenvalue weighted by atomic mass is 16.5. The summed E-state index contributed by atoms with van der Waals surface area (Å²) in [5, 5.41) is 8.58. The molecule has 0 saturated heterocycles. The Balaban J connectivity index is 2.86. The molecule has 0 radical (unpaired) electrons. The summed E-state index contributed by atoms with van der Waals surface area (Å²) in [5.74, 6) is 0. The average molecular weight is 262 g/mol. The van der Waals surface area contributed by atoms with Crippen LogP contribution in [0.25, 0.3) is 0 Å². The predicted molar refractivity (Wildman–Crippen MR) is 72.9 cm³/mol. The minimum atomic E-state index is 0.264. The monoisotopic (exact) mass is 262 g/mol. The third-order valence-corrected chi connectivity index (χ3v) is 2.56. The van der Waals surface area contributed by atoms with Gasteiger partial charge >= 0.3 is 0 Å². The number of hydrogen-bond donors (Lipinski definition) is 1. The van der Waals surface area contributed by atoms with E-state index in [2.05, 4.69) is 0 Å². The van der Waals surface area contributed by atoms with Crippen LogP contribution in [0.2, 0.25) is 0 Å². The molecular weight excluding hydrogens is 232 g/mol. The summed E-state index contributed by atoms with van der Waals surface area (Å²) in [6.07, 6.45) is 6.07. The maximum atomic E-state index is 8.58. The van der Waals surface area contributed by atoms with Gasteiger partial charge in [-0.25, -0.2) is 0 Å². The van der Waals surface area contributed by atoms with Crippen LogP contribution in [-0.4, -0.2) is 51.4 Å². The molecule has 18 heavy (non-hydrogen) atoms. The number of unbranched alkanes of at least 4 members (excludes halogenated alkanes) is 3. The van der Waals surface area contributed by atoms with E-state index in [9.17, 15) is 0 Å². The number of aliphatic hydroxyl groups is 1. The molecule has 0 aliphatic heterocycles. The molecule has 0 heterocycles. The molecular formula is C14H30O4. The van der Waals surface area contributed by atoms with Crippen LogP contribution in [0.15, 0.2) is 0 Å². The van der Waals surface area contributed by atoms with E-state index in [-0.39, 0.29) is 6.61 Å². The van der Waals surface area contributed by atoms with E-state index < -0.39 is 0 Å². The van der Waals surface area contributed by atoms with Crippen LogP contribution in [0.4, 0.5) is 0 Å². The van der Waals surface area contributed by atoms with Crippen molar-refractivity contribution in [3.63, 3.8) is 0 Å². The van der Waals surface area contributed by atoms with Gasteiger partial charge in [-0.05, 0) is 45.4 Å². The highest BCUT2D eigenvalue weighted by molar-refractivity contribution is 4.42. The van der Waals surface area contributed by atoms with E-state index in [1.807, 2.05) is 6.92 Å². The molecule has 0 fully saturated rings. The lowest BCUT2D eigenvalue weighted by molar-refractivity contribution is 0.0909. The van der Waals surface area contributed by atoms with Gasteiger partial charge < -0.3 is 19.3 Å². The summed E-state index contributed by atoms with van der Waals surface area (Å²) in [5.41, 5.74) is 0. The second-order valence-corrected chi connectivity index (χ2v) is 4.27. The molecule has 0 atom stereocenters. The topological polar surface area (TPSA) is 47.9 Å². The van der Waals surface area contributed by atoms with Gasteiger partial charge in [0.2, 0.25) is 0 Å². The van der Waals surface area contributed by atoms with E-state index in [0.717, 1.165) is 78.2 Å². The van der Waals surface area contributed by atoms with Gasteiger partial charge in [0.15, 0.2) is 0 Å². The zero-order valence-electron chi connectivity index (χ0n) is 11.9. The lowest BCUT2D eigenvalue weighted by Gasteiger charge is -2.05. The van der Waals surface area contributed by atoms with Crippen LogP contribution in [0.5, 0.6) is 0 Å². The largest absolute Gasteiger partial charge is 0.396 e. The molecule has 0 bridgehead atoms. The standard InChI is InChI=1S/C14H30O4/c1-2-16-10-5-6-12-18-14-8-7-13-17-11-4-3-9-15/h15H,2-14H2,1H3. The molecule has 0 aromatic heterocycles. The summed E-state index contributed by atoms with van der Waals surface area (Å²) < 4.78 is 16.2. The second kappa shape index (κ2) is 16.8. The molecule has 0 saturated carbocycles. The first kappa shape index (κ1) is 17.8. The van der Waals surface area contributed by atoms with Crippen LogP contribution in [0.1, 0.15) is 45.4 Å². The number of hydrogen-bond acceptors (Lipinski definition) is 4. The van der Waals surface area contributed by atoms with E-state index in [1.54, 1.807) is 0 Å². The highest BCUT2D eigenvalue weighted by Gasteiger charge is 1.93. The molecule has 4 heteroatoms. The van der Waals surface area contributed by atoms with Crippen molar-refractivity contribution < 1.29 is 19.3 Å². The second-order valence-electron chi connectivity index (χ2n) is 4.27. The van der Waals surface area contributed by atoms with Gasteiger partial charge in [0, 0.05) is 46.2 Å². The summed E-state index contributed by atoms with van der Waals surface area (Å²) >= 11 is 0. The maximum Gasteiger partial charge on any atom is 0.0466 e. The van der Waals surface area contributed by atoms with E-state index in [4.69, 9.17) is 19.3 Å². The van der Waals surface area contributed by atoms with Crippen molar-refractivity contribution in [3.8, 4) is 0 Å². The molecule has 0 unspecified atom stereocenters. The Hall–Kier alpha value is -0.160. The smallest absolute Gasteiger partial charge is 0.0466 e. The van der Waals surface area contributed by atoms with E-state index in [0.29, 0.717) is 0 Å². The summed E-state index contributed by atoms with van der Waals surface area (Å²) in [7, 11) is 0. The van der Waals surface area contributed by atoms with Crippen molar-refractivity contribution in [2.24, 2.45) is 0 Å². The number of rotatable bonds is 15. The van der Waals surface area contributed by atoms with Gasteiger partial charge in [0.05, 0.1) is 0 Å². The van der Waals surface area contributed by atoms with Crippen molar-refractivity contribution in [2.45, 2.75) is 45.4 Å². The van der Waals surface area contributed by atoms with Crippen LogP contribution in [-0.2, 0) is 14.2 Å². The third kappa shape index (κ3) is 15.8. The minimum absolute atomic E-state index is 0.264. The quantitative estimate of drug-likeness (QED) is 0.460. The highest BCUT2D eigenvalue weighted by Crippen LogP contribution is 1.96. The van der Waals surface area contributed by atoms with Crippen molar-refractivity contribution in [3.05, 3.63) is 0 Å². The summed E-state index contributed by atoms with van der Waals surface area (Å²) in [6, 6.07) is 0. The van der Waals surface area contributed by atoms with Gasteiger partial charge in [-0.2, -0.15) is 0 Å². The molecule has 1 N–H and O–H groups in total. The Morgan fingerprint density at radius 3 is 1.39 bits per heavy atom. The van der Waals surface area contributed by atoms with Crippen LogP contribution < -0.4 is 0 Å². The van der Waals surface area contributed by atoms with E-state index in [1.165, 1.54) is 0 Å². The fourth-order valence-corrected chi connectivity index (χ4v) is 1.48. The van der Waals surface area contributed by atoms with Gasteiger partial charge in [0.1, 0.15) is 0 Å². The lowest BCUT2D eigenvalue weighted by Crippen LogP contribution is -2.02. The predicted octanol–water partition coefficient (Wildman–Crippen LogP) is 2.39. The summed E-state index contributed by atoms with van der Waals surface area (Å²) in [4.78, 5) is 0. The Labute approximate surface area is 112 Å². The summed E-state index contributed by atoms with van der Waals surface area (Å²) in [6.45, 7) is 7.17.